The van der Waals surface area contributed by atoms with Crippen molar-refractivity contribution in [2.75, 3.05) is 38.1 Å². The van der Waals surface area contributed by atoms with E-state index >= 15 is 0 Å². The summed E-state index contributed by atoms with van der Waals surface area (Å²) in [4.78, 5) is 9.63. The summed E-state index contributed by atoms with van der Waals surface area (Å²) in [5.74, 6) is 1.07. The number of anilines is 1. The number of para-hydroxylation sites is 1. The Hall–Kier alpha value is -1.65. The molecule has 106 valence electrons. The van der Waals surface area contributed by atoms with E-state index in [1.807, 2.05) is 12.1 Å². The molecule has 0 amide bonds. The Morgan fingerprint density at radius 3 is 2.85 bits per heavy atom. The number of hydrogen-bond donors (Lipinski definition) is 1. The van der Waals surface area contributed by atoms with Crippen molar-refractivity contribution in [1.29, 1.82) is 0 Å². The second kappa shape index (κ2) is 5.77. The molecule has 1 fully saturated rings. The van der Waals surface area contributed by atoms with Crippen molar-refractivity contribution in [2.24, 2.45) is 5.73 Å². The quantitative estimate of drug-likeness (QED) is 0.904. The Kier molecular flexibility index (Phi) is 3.85. The van der Waals surface area contributed by atoms with E-state index in [0.29, 0.717) is 6.54 Å². The molecule has 2 heterocycles. The van der Waals surface area contributed by atoms with Gasteiger partial charge < -0.3 is 15.5 Å². The van der Waals surface area contributed by atoms with Crippen LogP contribution in [0.4, 0.5) is 5.82 Å². The van der Waals surface area contributed by atoms with Gasteiger partial charge in [0, 0.05) is 37.1 Å². The van der Waals surface area contributed by atoms with Crippen LogP contribution >= 0.6 is 0 Å². The molecule has 2 aromatic rings. The van der Waals surface area contributed by atoms with E-state index in [1.54, 1.807) is 0 Å². The van der Waals surface area contributed by atoms with Gasteiger partial charge in [-0.05, 0) is 32.1 Å². The summed E-state index contributed by atoms with van der Waals surface area (Å²) in [6, 6.07) is 10.4. The second-order valence-electron chi connectivity index (χ2n) is 5.51. The molecule has 0 spiro atoms. The van der Waals surface area contributed by atoms with Crippen molar-refractivity contribution >= 4 is 16.7 Å². The first-order valence-corrected chi connectivity index (χ1v) is 7.30. The van der Waals surface area contributed by atoms with Crippen molar-refractivity contribution in [3.63, 3.8) is 0 Å². The lowest BCUT2D eigenvalue weighted by Crippen LogP contribution is -2.30. The number of likely N-dealkylation sites (N-methyl/N-ethyl adjacent to an activating group) is 1. The molecule has 1 aromatic heterocycles. The van der Waals surface area contributed by atoms with Gasteiger partial charge in [0.15, 0.2) is 0 Å². The van der Waals surface area contributed by atoms with Gasteiger partial charge in [0.25, 0.3) is 0 Å². The molecule has 0 aliphatic carbocycles. The zero-order valence-corrected chi connectivity index (χ0v) is 12.0. The van der Waals surface area contributed by atoms with Crippen molar-refractivity contribution in [3.8, 4) is 0 Å². The van der Waals surface area contributed by atoms with Crippen molar-refractivity contribution < 1.29 is 0 Å². The van der Waals surface area contributed by atoms with Crippen molar-refractivity contribution in [3.05, 3.63) is 35.9 Å². The number of benzene rings is 1. The molecule has 3 rings (SSSR count). The van der Waals surface area contributed by atoms with Crippen molar-refractivity contribution in [2.45, 2.75) is 13.0 Å². The molecule has 4 heteroatoms. The average molecular weight is 270 g/mol. The van der Waals surface area contributed by atoms with Gasteiger partial charge in [-0.3, -0.25) is 0 Å². The van der Waals surface area contributed by atoms with Gasteiger partial charge >= 0.3 is 0 Å². The molecule has 1 aromatic carbocycles. The van der Waals surface area contributed by atoms with E-state index in [9.17, 15) is 0 Å². The number of hydrogen-bond acceptors (Lipinski definition) is 4. The minimum absolute atomic E-state index is 0.541. The standard InChI is InChI=1S/C16H22N4/c1-19-7-4-8-20(10-9-19)16-14(12-17)11-13-5-2-3-6-15(13)18-16/h2-3,5-6,11H,4,7-10,12,17H2,1H3. The van der Waals surface area contributed by atoms with Gasteiger partial charge in [0.1, 0.15) is 5.82 Å². The van der Waals surface area contributed by atoms with Crippen molar-refractivity contribution in [1.82, 2.24) is 9.88 Å². The molecule has 0 bridgehead atoms. The number of pyridine rings is 1. The molecule has 4 nitrogen and oxygen atoms in total. The minimum atomic E-state index is 0.541. The molecule has 0 saturated carbocycles. The first kappa shape index (κ1) is 13.3. The topological polar surface area (TPSA) is 45.4 Å². The zero-order valence-electron chi connectivity index (χ0n) is 12.0. The van der Waals surface area contributed by atoms with Crippen LogP contribution in [0.3, 0.4) is 0 Å². The number of aromatic nitrogens is 1. The molecule has 20 heavy (non-hydrogen) atoms. The van der Waals surface area contributed by atoms with Crippen LogP contribution < -0.4 is 10.6 Å². The maximum atomic E-state index is 5.94. The van der Waals surface area contributed by atoms with Gasteiger partial charge in [-0.2, -0.15) is 0 Å². The fourth-order valence-electron chi connectivity index (χ4n) is 2.83. The SMILES string of the molecule is CN1CCCN(c2nc3ccccc3cc2CN)CC1. The van der Waals surface area contributed by atoms with Crippen LogP contribution in [0.2, 0.25) is 0 Å². The monoisotopic (exact) mass is 270 g/mol. The fourth-order valence-corrected chi connectivity index (χ4v) is 2.83. The smallest absolute Gasteiger partial charge is 0.133 e. The van der Waals surface area contributed by atoms with E-state index in [2.05, 4.69) is 35.0 Å². The predicted octanol–water partition coefficient (Wildman–Crippen LogP) is 1.84. The fraction of sp³-hybridized carbons (Fsp3) is 0.438. The van der Waals surface area contributed by atoms with Gasteiger partial charge in [0.2, 0.25) is 0 Å². The molecule has 0 radical (unpaired) electrons. The van der Waals surface area contributed by atoms with Gasteiger partial charge in [0.05, 0.1) is 5.52 Å². The van der Waals surface area contributed by atoms with E-state index in [4.69, 9.17) is 10.7 Å². The number of nitrogens with zero attached hydrogens (tertiary/aromatic N) is 3. The number of nitrogens with two attached hydrogens (primary N) is 1. The number of fused-ring (bicyclic) bond motifs is 1. The van der Waals surface area contributed by atoms with Crippen LogP contribution in [0.25, 0.3) is 10.9 Å². The largest absolute Gasteiger partial charge is 0.355 e. The zero-order chi connectivity index (χ0) is 13.9. The third kappa shape index (κ3) is 2.62. The van der Waals surface area contributed by atoms with Gasteiger partial charge in [-0.15, -0.1) is 0 Å². The highest BCUT2D eigenvalue weighted by atomic mass is 15.2. The summed E-state index contributed by atoms with van der Waals surface area (Å²) in [6.07, 6.45) is 1.18. The minimum Gasteiger partial charge on any atom is -0.355 e. The summed E-state index contributed by atoms with van der Waals surface area (Å²) in [6.45, 7) is 4.86. The van der Waals surface area contributed by atoms with Gasteiger partial charge in [-0.25, -0.2) is 4.98 Å². The predicted molar refractivity (Wildman–Crippen MR) is 84.0 cm³/mol. The molecule has 0 unspecified atom stereocenters. The van der Waals surface area contributed by atoms with Crippen LogP contribution in [0.15, 0.2) is 30.3 Å². The third-order valence-corrected chi connectivity index (χ3v) is 4.02. The first-order valence-electron chi connectivity index (χ1n) is 7.30. The lowest BCUT2D eigenvalue weighted by atomic mass is 10.1. The molecule has 1 aliphatic rings. The maximum absolute atomic E-state index is 5.94. The van der Waals surface area contributed by atoms with E-state index in [0.717, 1.165) is 43.1 Å². The summed E-state index contributed by atoms with van der Waals surface area (Å²) in [5.41, 5.74) is 8.14. The Morgan fingerprint density at radius 1 is 1.15 bits per heavy atom. The first-order chi connectivity index (χ1) is 9.78. The summed E-state index contributed by atoms with van der Waals surface area (Å²) in [5, 5.41) is 1.17. The van der Waals surface area contributed by atoms with E-state index in [1.165, 1.54) is 11.8 Å². The molecule has 1 aliphatic heterocycles. The molecule has 0 atom stereocenters. The van der Waals surface area contributed by atoms with E-state index in [-0.39, 0.29) is 0 Å². The molecular formula is C16H22N4. The Bertz CT molecular complexity index is 596. The Labute approximate surface area is 120 Å². The summed E-state index contributed by atoms with van der Waals surface area (Å²) < 4.78 is 0. The Balaban J connectivity index is 2.00. The number of rotatable bonds is 2. The third-order valence-electron chi connectivity index (χ3n) is 4.02. The normalized spacial score (nSPS) is 17.4. The Morgan fingerprint density at radius 2 is 2.00 bits per heavy atom. The van der Waals surface area contributed by atoms with Crippen LogP contribution in [-0.2, 0) is 6.54 Å². The lowest BCUT2D eigenvalue weighted by molar-refractivity contribution is 0.360. The lowest BCUT2D eigenvalue weighted by Gasteiger charge is -2.24. The van der Waals surface area contributed by atoms with Crippen LogP contribution in [-0.4, -0.2) is 43.1 Å². The summed E-state index contributed by atoms with van der Waals surface area (Å²) in [7, 11) is 2.18. The second-order valence-corrected chi connectivity index (χ2v) is 5.51. The average Bonchev–Trinajstić information content (AvgIpc) is 2.70. The highest BCUT2D eigenvalue weighted by molar-refractivity contribution is 5.81. The van der Waals surface area contributed by atoms with E-state index < -0.39 is 0 Å². The van der Waals surface area contributed by atoms with Gasteiger partial charge in [-0.1, -0.05) is 18.2 Å². The highest BCUT2D eigenvalue weighted by Gasteiger charge is 2.17. The molecule has 2 N–H and O–H groups in total. The molecular weight excluding hydrogens is 248 g/mol. The van der Waals surface area contributed by atoms with Crippen LogP contribution in [0.5, 0.6) is 0 Å². The molecule has 1 saturated heterocycles. The van der Waals surface area contributed by atoms with Crippen LogP contribution in [0.1, 0.15) is 12.0 Å². The highest BCUT2D eigenvalue weighted by Crippen LogP contribution is 2.24. The maximum Gasteiger partial charge on any atom is 0.133 e. The van der Waals surface area contributed by atoms with Crippen LogP contribution in [0, 0.1) is 0 Å². The summed E-state index contributed by atoms with van der Waals surface area (Å²) >= 11 is 0.